The van der Waals surface area contributed by atoms with E-state index in [0.717, 1.165) is 6.08 Å². The molecule has 0 saturated heterocycles. The number of nitrogens with one attached hydrogen (secondary N) is 2. The number of H-pyrrole nitrogens is 1. The first-order chi connectivity index (χ1) is 11.3. The first-order valence-corrected chi connectivity index (χ1v) is 7.67. The van der Waals surface area contributed by atoms with Gasteiger partial charge in [-0.2, -0.15) is 0 Å². The largest absolute Gasteiger partial charge is 0.573 e. The molecule has 2 aromatic rings. The molecule has 5 nitrogen and oxygen atoms in total. The molecule has 0 atom stereocenters. The lowest BCUT2D eigenvalue weighted by Crippen LogP contribution is -2.20. The van der Waals surface area contributed by atoms with Gasteiger partial charge < -0.3 is 15.0 Å². The van der Waals surface area contributed by atoms with Crippen LogP contribution in [-0.4, -0.2) is 35.2 Å². The van der Waals surface area contributed by atoms with Gasteiger partial charge in [-0.25, -0.2) is 4.98 Å². The zero-order chi connectivity index (χ0) is 17.3. The van der Waals surface area contributed by atoms with E-state index in [4.69, 9.17) is 0 Å². The van der Waals surface area contributed by atoms with Crippen molar-refractivity contribution >= 4 is 32.7 Å². The lowest BCUT2D eigenvalue weighted by Gasteiger charge is -2.09. The molecule has 0 spiro atoms. The summed E-state index contributed by atoms with van der Waals surface area (Å²) in [7, 11) is 0. The van der Waals surface area contributed by atoms with Crippen LogP contribution in [0, 0.1) is 0 Å². The number of rotatable bonds is 3. The van der Waals surface area contributed by atoms with E-state index in [0.29, 0.717) is 21.1 Å². The van der Waals surface area contributed by atoms with E-state index in [9.17, 15) is 18.0 Å². The van der Waals surface area contributed by atoms with Crippen molar-refractivity contribution in [1.29, 1.82) is 0 Å². The number of fused-ring (bicyclic) bond motifs is 1. The Morgan fingerprint density at radius 3 is 2.92 bits per heavy atom. The van der Waals surface area contributed by atoms with Gasteiger partial charge in [-0.1, -0.05) is 0 Å². The number of pyridine rings is 1. The Morgan fingerprint density at radius 1 is 1.38 bits per heavy atom. The number of ether oxygens (including phenoxy) is 1. The van der Waals surface area contributed by atoms with Crippen LogP contribution in [-0.2, 0) is 4.74 Å². The summed E-state index contributed by atoms with van der Waals surface area (Å²) in [5, 5.41) is 3.45. The summed E-state index contributed by atoms with van der Waals surface area (Å²) in [5.41, 5.74) is 1.02. The minimum absolute atomic E-state index is 0.133. The highest BCUT2D eigenvalue weighted by Crippen LogP contribution is 2.26. The maximum Gasteiger partial charge on any atom is 0.573 e. The molecule has 1 aliphatic heterocycles. The average Bonchev–Trinajstić information content (AvgIpc) is 2.76. The van der Waals surface area contributed by atoms with E-state index >= 15 is 0 Å². The van der Waals surface area contributed by atoms with E-state index in [1.165, 1.54) is 12.3 Å². The third kappa shape index (κ3) is 3.68. The van der Waals surface area contributed by atoms with Gasteiger partial charge in [0.1, 0.15) is 11.4 Å². The molecular weight excluding hydrogens is 391 g/mol. The lowest BCUT2D eigenvalue weighted by atomic mass is 10.0. The fourth-order valence-electron chi connectivity index (χ4n) is 2.35. The van der Waals surface area contributed by atoms with Crippen LogP contribution in [0.1, 0.15) is 10.4 Å². The number of halogens is 4. The third-order valence-electron chi connectivity index (χ3n) is 3.35. The van der Waals surface area contributed by atoms with Crippen molar-refractivity contribution in [3.63, 3.8) is 0 Å². The first-order valence-electron chi connectivity index (χ1n) is 6.88. The molecule has 126 valence electrons. The zero-order valence-electron chi connectivity index (χ0n) is 12.1. The molecule has 3 rings (SSSR count). The summed E-state index contributed by atoms with van der Waals surface area (Å²) >= 11 is 3.28. The van der Waals surface area contributed by atoms with Gasteiger partial charge in [0.25, 0.3) is 0 Å². The molecule has 0 saturated carbocycles. The second kappa shape index (κ2) is 6.40. The van der Waals surface area contributed by atoms with Crippen molar-refractivity contribution in [2.75, 3.05) is 13.1 Å². The van der Waals surface area contributed by atoms with Crippen LogP contribution in [0.15, 0.2) is 46.4 Å². The van der Waals surface area contributed by atoms with E-state index < -0.39 is 17.9 Å². The van der Waals surface area contributed by atoms with Gasteiger partial charge in [-0.3, -0.25) is 4.79 Å². The zero-order valence-corrected chi connectivity index (χ0v) is 13.7. The Morgan fingerprint density at radius 2 is 2.17 bits per heavy atom. The monoisotopic (exact) mass is 401 g/mol. The van der Waals surface area contributed by atoms with Crippen molar-refractivity contribution in [1.82, 2.24) is 15.3 Å². The van der Waals surface area contributed by atoms with Crippen molar-refractivity contribution < 1.29 is 22.7 Å². The minimum Gasteiger partial charge on any atom is -0.406 e. The molecule has 0 bridgehead atoms. The molecule has 2 N–H and O–H groups in total. The van der Waals surface area contributed by atoms with Gasteiger partial charge in [0.2, 0.25) is 0 Å². The van der Waals surface area contributed by atoms with Crippen LogP contribution in [0.5, 0.6) is 0 Å². The van der Waals surface area contributed by atoms with Gasteiger partial charge >= 0.3 is 6.36 Å². The summed E-state index contributed by atoms with van der Waals surface area (Å²) in [5.74, 6) is -0.803. The van der Waals surface area contributed by atoms with Gasteiger partial charge in [0, 0.05) is 46.5 Å². The number of allylic oxidation sites excluding steroid dienone is 1. The predicted molar refractivity (Wildman–Crippen MR) is 84.3 cm³/mol. The predicted octanol–water partition coefficient (Wildman–Crippen LogP) is 3.46. The van der Waals surface area contributed by atoms with Crippen molar-refractivity contribution in [2.45, 2.75) is 6.36 Å². The van der Waals surface area contributed by atoms with Crippen molar-refractivity contribution in [3.05, 3.63) is 52.0 Å². The van der Waals surface area contributed by atoms with Gasteiger partial charge in [-0.15, -0.1) is 13.2 Å². The Bertz CT molecular complexity index is 855. The second-order valence-corrected chi connectivity index (χ2v) is 5.95. The summed E-state index contributed by atoms with van der Waals surface area (Å²) in [6, 6.07) is 1.72. The molecule has 3 heterocycles. The quantitative estimate of drug-likeness (QED) is 0.772. The maximum absolute atomic E-state index is 12.7. The van der Waals surface area contributed by atoms with Crippen LogP contribution >= 0.6 is 15.9 Å². The first kappa shape index (κ1) is 16.7. The minimum atomic E-state index is -4.81. The number of carbonyl (C=O) groups excluding carboxylic acids is 1. The van der Waals surface area contributed by atoms with Gasteiger partial charge in [0.05, 0.1) is 0 Å². The van der Waals surface area contributed by atoms with Crippen LogP contribution in [0.25, 0.3) is 11.0 Å². The number of carbonyl (C=O) groups is 1. The smallest absolute Gasteiger partial charge is 0.406 e. The number of alkyl halides is 3. The number of aromatic amines is 1. The highest BCUT2D eigenvalue weighted by molar-refractivity contribution is 9.10. The Kier molecular flexibility index (Phi) is 4.46. The molecule has 9 heteroatoms. The Labute approximate surface area is 142 Å². The molecule has 0 unspecified atom stereocenters. The molecule has 0 amide bonds. The van der Waals surface area contributed by atoms with Gasteiger partial charge in [0.15, 0.2) is 5.78 Å². The molecule has 0 fully saturated rings. The molecule has 2 aromatic heterocycles. The fraction of sp³-hybridized carbons (Fsp3) is 0.200. The summed E-state index contributed by atoms with van der Waals surface area (Å²) < 4.78 is 41.9. The van der Waals surface area contributed by atoms with E-state index in [-0.39, 0.29) is 18.7 Å². The number of nitrogens with zero attached hydrogens (tertiary/aromatic N) is 1. The van der Waals surface area contributed by atoms with E-state index in [2.05, 4.69) is 36.0 Å². The number of aromatic nitrogens is 2. The third-order valence-corrected chi connectivity index (χ3v) is 3.78. The summed E-state index contributed by atoms with van der Waals surface area (Å²) in [4.78, 5) is 19.7. The van der Waals surface area contributed by atoms with Crippen molar-refractivity contribution in [2.24, 2.45) is 0 Å². The average molecular weight is 402 g/mol. The summed E-state index contributed by atoms with van der Waals surface area (Å²) in [6.07, 6.45) is 0.612. The van der Waals surface area contributed by atoms with E-state index in [1.54, 1.807) is 12.3 Å². The number of hydrogen-bond acceptors (Lipinski definition) is 4. The summed E-state index contributed by atoms with van der Waals surface area (Å²) in [6.45, 7) is 0.299. The Hall–Kier alpha value is -2.13. The molecule has 0 aromatic carbocycles. The number of ketones is 1. The standard InChI is InChI=1S/C15H11BrF3N3O2/c16-9-4-11-12(7-22-14(11)21-6-9)13(23)8-3-10(1-2-20-5-8)24-15(17,18)19/h1,3-4,6-7,20H,2,5H2,(H,21,22). The molecular formula is C15H11BrF3N3O2. The Balaban J connectivity index is 1.95. The lowest BCUT2D eigenvalue weighted by molar-refractivity contribution is -0.303. The molecule has 1 aliphatic rings. The van der Waals surface area contributed by atoms with Crippen LogP contribution in [0.4, 0.5) is 13.2 Å². The van der Waals surface area contributed by atoms with Crippen LogP contribution in [0.3, 0.4) is 0 Å². The molecule has 0 aliphatic carbocycles. The topological polar surface area (TPSA) is 67.0 Å². The van der Waals surface area contributed by atoms with Crippen LogP contribution < -0.4 is 5.32 Å². The van der Waals surface area contributed by atoms with Crippen LogP contribution in [0.2, 0.25) is 0 Å². The highest BCUT2D eigenvalue weighted by atomic mass is 79.9. The number of hydrogen-bond donors (Lipinski definition) is 2. The maximum atomic E-state index is 12.7. The van der Waals surface area contributed by atoms with Gasteiger partial charge in [-0.05, 0) is 34.1 Å². The SMILES string of the molecule is O=C(C1=CC(OC(F)(F)F)=CCNC1)c1c[nH]c2ncc(Br)cc12. The number of Topliss-reactive ketones (excluding diaryl/α,β-unsaturated/α-hetero) is 1. The van der Waals surface area contributed by atoms with E-state index in [1.807, 2.05) is 0 Å². The van der Waals surface area contributed by atoms with Crippen molar-refractivity contribution in [3.8, 4) is 0 Å². The normalized spacial score (nSPS) is 15.7. The second-order valence-electron chi connectivity index (χ2n) is 5.04. The fourth-order valence-corrected chi connectivity index (χ4v) is 2.68. The highest BCUT2D eigenvalue weighted by Gasteiger charge is 2.32. The molecule has 24 heavy (non-hydrogen) atoms. The molecule has 0 radical (unpaired) electrons.